The Morgan fingerprint density at radius 2 is 1.71 bits per heavy atom. The van der Waals surface area contributed by atoms with E-state index < -0.39 is 0 Å². The van der Waals surface area contributed by atoms with Gasteiger partial charge in [0.15, 0.2) is 0 Å². The molecule has 0 bridgehead atoms. The highest BCUT2D eigenvalue weighted by atomic mass is 19.1. The zero-order chi connectivity index (χ0) is 17.3. The minimum atomic E-state index is -0.320. The second kappa shape index (κ2) is 6.89. The molecule has 0 radical (unpaired) electrons. The maximum Gasteiger partial charge on any atom is 0.228 e. The van der Waals surface area contributed by atoms with E-state index in [4.69, 9.17) is 0 Å². The predicted octanol–water partition coefficient (Wildman–Crippen LogP) is 1.51. The average Bonchev–Trinajstić information content (AvgIpc) is 2.58. The van der Waals surface area contributed by atoms with E-state index >= 15 is 0 Å². The van der Waals surface area contributed by atoms with Gasteiger partial charge in [0.2, 0.25) is 11.8 Å². The van der Waals surface area contributed by atoms with Crippen LogP contribution in [0.3, 0.4) is 0 Å². The molecule has 0 N–H and O–H groups in total. The summed E-state index contributed by atoms with van der Waals surface area (Å²) >= 11 is 0. The highest BCUT2D eigenvalue weighted by Gasteiger charge is 2.40. The van der Waals surface area contributed by atoms with Crippen molar-refractivity contribution in [1.82, 2.24) is 14.7 Å². The number of hydrogen-bond acceptors (Lipinski definition) is 3. The first-order valence-electron chi connectivity index (χ1n) is 8.46. The number of likely N-dealkylation sites (N-methyl/N-ethyl adjacent to an activating group) is 1. The zero-order valence-electron chi connectivity index (χ0n) is 14.2. The third-order valence-electron chi connectivity index (χ3n) is 5.20. The lowest BCUT2D eigenvalue weighted by Gasteiger charge is -2.42. The van der Waals surface area contributed by atoms with E-state index in [1.807, 2.05) is 4.90 Å². The molecule has 2 fully saturated rings. The normalized spacial score (nSPS) is 25.9. The molecule has 2 amide bonds. The second-order valence-corrected chi connectivity index (χ2v) is 6.77. The van der Waals surface area contributed by atoms with Gasteiger partial charge in [-0.15, -0.1) is 0 Å². The molecule has 2 atom stereocenters. The number of likely N-dealkylation sites (tertiary alicyclic amines) is 1. The number of nitrogens with zero attached hydrogens (tertiary/aromatic N) is 3. The van der Waals surface area contributed by atoms with Crippen molar-refractivity contribution in [3.8, 4) is 0 Å². The number of piperidine rings is 1. The van der Waals surface area contributed by atoms with Crippen LogP contribution in [0.4, 0.5) is 4.39 Å². The van der Waals surface area contributed by atoms with Crippen LogP contribution in [-0.4, -0.2) is 66.8 Å². The van der Waals surface area contributed by atoms with E-state index in [1.54, 1.807) is 24.1 Å². The van der Waals surface area contributed by atoms with Crippen LogP contribution in [0.15, 0.2) is 24.3 Å². The van der Waals surface area contributed by atoms with Crippen molar-refractivity contribution in [1.29, 1.82) is 0 Å². The van der Waals surface area contributed by atoms with E-state index in [2.05, 4.69) is 11.9 Å². The van der Waals surface area contributed by atoms with Gasteiger partial charge in [-0.3, -0.25) is 9.59 Å². The van der Waals surface area contributed by atoms with Crippen molar-refractivity contribution in [2.24, 2.45) is 5.92 Å². The molecule has 0 aliphatic carbocycles. The molecule has 3 rings (SSSR count). The lowest BCUT2D eigenvalue weighted by molar-refractivity contribution is -0.147. The Bertz CT molecular complexity index is 611. The molecule has 130 valence electrons. The van der Waals surface area contributed by atoms with E-state index in [0.717, 1.165) is 31.7 Å². The van der Waals surface area contributed by atoms with Crippen LogP contribution in [0.2, 0.25) is 0 Å². The van der Waals surface area contributed by atoms with Crippen molar-refractivity contribution >= 4 is 11.8 Å². The molecule has 0 aromatic heterocycles. The third kappa shape index (κ3) is 3.29. The summed E-state index contributed by atoms with van der Waals surface area (Å²) in [7, 11) is 3.79. The lowest BCUT2D eigenvalue weighted by Crippen LogP contribution is -2.52. The summed E-state index contributed by atoms with van der Waals surface area (Å²) in [4.78, 5) is 31.0. The van der Waals surface area contributed by atoms with Crippen LogP contribution in [0.1, 0.15) is 24.4 Å². The van der Waals surface area contributed by atoms with E-state index in [-0.39, 0.29) is 29.6 Å². The molecular weight excluding hydrogens is 309 g/mol. The van der Waals surface area contributed by atoms with E-state index in [9.17, 15) is 14.0 Å². The lowest BCUT2D eigenvalue weighted by atomic mass is 9.83. The molecule has 0 spiro atoms. The van der Waals surface area contributed by atoms with Crippen molar-refractivity contribution in [2.45, 2.75) is 18.9 Å². The molecule has 2 saturated heterocycles. The van der Waals surface area contributed by atoms with Crippen molar-refractivity contribution < 1.29 is 14.0 Å². The van der Waals surface area contributed by atoms with Gasteiger partial charge in [0.25, 0.3) is 0 Å². The number of benzene rings is 1. The molecule has 0 saturated carbocycles. The number of carbonyl (C=O) groups is 2. The molecule has 5 nitrogen and oxygen atoms in total. The Morgan fingerprint density at radius 3 is 2.33 bits per heavy atom. The standard InChI is InChI=1S/C18H24FN3O2/c1-20-9-11-22(12-10-20)18(24)15-7-8-16(23)21(2)17(15)13-3-5-14(19)6-4-13/h3-6,15,17H,7-12H2,1-2H3/t15-,17+/m1/s1. The maximum absolute atomic E-state index is 13.3. The topological polar surface area (TPSA) is 43.9 Å². The largest absolute Gasteiger partial charge is 0.340 e. The third-order valence-corrected chi connectivity index (χ3v) is 5.20. The van der Waals surface area contributed by atoms with Gasteiger partial charge in [-0.2, -0.15) is 0 Å². The Balaban J connectivity index is 1.84. The summed E-state index contributed by atoms with van der Waals surface area (Å²) in [5.74, 6) is -0.435. The Kier molecular flexibility index (Phi) is 4.85. The molecule has 1 aromatic carbocycles. The first-order valence-corrected chi connectivity index (χ1v) is 8.46. The average molecular weight is 333 g/mol. The quantitative estimate of drug-likeness (QED) is 0.824. The van der Waals surface area contributed by atoms with Gasteiger partial charge in [0, 0.05) is 39.6 Å². The van der Waals surface area contributed by atoms with Gasteiger partial charge in [0.05, 0.1) is 12.0 Å². The number of rotatable bonds is 2. The highest BCUT2D eigenvalue weighted by molar-refractivity contribution is 5.85. The fourth-order valence-electron chi connectivity index (χ4n) is 3.67. The minimum Gasteiger partial charge on any atom is -0.340 e. The van der Waals surface area contributed by atoms with Crippen LogP contribution < -0.4 is 0 Å². The summed E-state index contributed by atoms with van der Waals surface area (Å²) in [5.41, 5.74) is 0.819. The minimum absolute atomic E-state index is 0.0340. The van der Waals surface area contributed by atoms with Gasteiger partial charge in [-0.1, -0.05) is 12.1 Å². The molecular formula is C18H24FN3O2. The summed E-state index contributed by atoms with van der Waals surface area (Å²) in [6.45, 7) is 3.18. The molecule has 6 heteroatoms. The van der Waals surface area contributed by atoms with Crippen molar-refractivity contribution in [2.75, 3.05) is 40.3 Å². The Hall–Kier alpha value is -1.95. The summed E-state index contributed by atoms with van der Waals surface area (Å²) in [6, 6.07) is 5.82. The van der Waals surface area contributed by atoms with Gasteiger partial charge >= 0.3 is 0 Å². The van der Waals surface area contributed by atoms with Crippen LogP contribution in [0.25, 0.3) is 0 Å². The molecule has 1 aromatic rings. The predicted molar refractivity (Wildman–Crippen MR) is 88.7 cm³/mol. The highest BCUT2D eigenvalue weighted by Crippen LogP contribution is 2.37. The first kappa shape index (κ1) is 16.9. The van der Waals surface area contributed by atoms with E-state index in [0.29, 0.717) is 12.8 Å². The fourth-order valence-corrected chi connectivity index (χ4v) is 3.67. The number of piperazine rings is 1. The van der Waals surface area contributed by atoms with Crippen molar-refractivity contribution in [3.63, 3.8) is 0 Å². The van der Waals surface area contributed by atoms with Gasteiger partial charge in [-0.05, 0) is 31.2 Å². The van der Waals surface area contributed by atoms with Gasteiger partial charge in [-0.25, -0.2) is 4.39 Å². The first-order chi connectivity index (χ1) is 11.5. The van der Waals surface area contributed by atoms with Crippen LogP contribution in [0.5, 0.6) is 0 Å². The Labute approximate surface area is 142 Å². The number of amides is 2. The van der Waals surface area contributed by atoms with Gasteiger partial charge < -0.3 is 14.7 Å². The second-order valence-electron chi connectivity index (χ2n) is 6.77. The smallest absolute Gasteiger partial charge is 0.228 e. The van der Waals surface area contributed by atoms with Crippen LogP contribution in [-0.2, 0) is 9.59 Å². The Morgan fingerprint density at radius 1 is 1.08 bits per heavy atom. The molecule has 2 aliphatic rings. The number of hydrogen-bond donors (Lipinski definition) is 0. The maximum atomic E-state index is 13.3. The molecule has 2 heterocycles. The summed E-state index contributed by atoms with van der Waals surface area (Å²) in [5, 5.41) is 0. The van der Waals surface area contributed by atoms with Crippen LogP contribution >= 0.6 is 0 Å². The van der Waals surface area contributed by atoms with Crippen LogP contribution in [0, 0.1) is 11.7 Å². The van der Waals surface area contributed by atoms with E-state index in [1.165, 1.54) is 12.1 Å². The monoisotopic (exact) mass is 333 g/mol. The van der Waals surface area contributed by atoms with Gasteiger partial charge in [0.1, 0.15) is 5.82 Å². The number of halogens is 1. The SMILES string of the molecule is CN1CCN(C(=O)[C@@H]2CCC(=O)N(C)[C@H]2c2ccc(F)cc2)CC1. The van der Waals surface area contributed by atoms with Crippen molar-refractivity contribution in [3.05, 3.63) is 35.6 Å². The number of carbonyl (C=O) groups excluding carboxylic acids is 2. The molecule has 0 unspecified atom stereocenters. The summed E-state index contributed by atoms with van der Waals surface area (Å²) < 4.78 is 13.3. The fraction of sp³-hybridized carbons (Fsp3) is 0.556. The molecule has 2 aliphatic heterocycles. The zero-order valence-corrected chi connectivity index (χ0v) is 14.2. The molecule has 24 heavy (non-hydrogen) atoms. The summed E-state index contributed by atoms with van der Waals surface area (Å²) in [6.07, 6.45) is 0.939.